The summed E-state index contributed by atoms with van der Waals surface area (Å²) in [6.07, 6.45) is 2.10. The molecule has 1 atom stereocenters. The standard InChI is InChI=1S/C7H13NO2/c1-4-6(3)10-8-7(9)5-2/h5-6H,2,4H2,1,3H3,(H,8,9). The number of hydrogen-bond donors (Lipinski definition) is 1. The molecule has 10 heavy (non-hydrogen) atoms. The molecule has 3 nitrogen and oxygen atoms in total. The Bertz CT molecular complexity index is 123. The van der Waals surface area contributed by atoms with Gasteiger partial charge in [-0.3, -0.25) is 9.63 Å². The molecule has 1 unspecified atom stereocenters. The van der Waals surface area contributed by atoms with Crippen molar-refractivity contribution in [2.75, 3.05) is 0 Å². The lowest BCUT2D eigenvalue weighted by Crippen LogP contribution is -2.25. The predicted octanol–water partition coefficient (Wildman–Crippen LogP) is 1.02. The monoisotopic (exact) mass is 143 g/mol. The van der Waals surface area contributed by atoms with Crippen molar-refractivity contribution in [1.29, 1.82) is 0 Å². The molecule has 0 aromatic heterocycles. The van der Waals surface area contributed by atoms with Crippen molar-refractivity contribution < 1.29 is 9.63 Å². The fraction of sp³-hybridized carbons (Fsp3) is 0.571. The molecule has 0 aliphatic heterocycles. The van der Waals surface area contributed by atoms with Gasteiger partial charge in [-0.25, -0.2) is 5.48 Å². The molecule has 0 rings (SSSR count). The van der Waals surface area contributed by atoms with E-state index in [1.165, 1.54) is 6.08 Å². The molecule has 0 aromatic carbocycles. The largest absolute Gasteiger partial charge is 0.270 e. The van der Waals surface area contributed by atoms with E-state index < -0.39 is 0 Å². The van der Waals surface area contributed by atoms with E-state index >= 15 is 0 Å². The summed E-state index contributed by atoms with van der Waals surface area (Å²) in [6.45, 7) is 7.13. The van der Waals surface area contributed by atoms with Crippen molar-refractivity contribution in [3.63, 3.8) is 0 Å². The van der Waals surface area contributed by atoms with Crippen LogP contribution in [-0.2, 0) is 9.63 Å². The maximum atomic E-state index is 10.5. The van der Waals surface area contributed by atoms with Gasteiger partial charge in [-0.15, -0.1) is 0 Å². The van der Waals surface area contributed by atoms with Gasteiger partial charge in [0.1, 0.15) is 0 Å². The average molecular weight is 143 g/mol. The summed E-state index contributed by atoms with van der Waals surface area (Å²) < 4.78 is 0. The Morgan fingerprint density at radius 2 is 2.50 bits per heavy atom. The van der Waals surface area contributed by atoms with Gasteiger partial charge in [0, 0.05) is 0 Å². The van der Waals surface area contributed by atoms with Gasteiger partial charge in [0.25, 0.3) is 5.91 Å². The van der Waals surface area contributed by atoms with Crippen LogP contribution in [0, 0.1) is 0 Å². The summed E-state index contributed by atoms with van der Waals surface area (Å²) >= 11 is 0. The summed E-state index contributed by atoms with van der Waals surface area (Å²) in [7, 11) is 0. The molecule has 0 saturated heterocycles. The molecule has 3 heteroatoms. The molecule has 0 heterocycles. The zero-order valence-corrected chi connectivity index (χ0v) is 6.39. The van der Waals surface area contributed by atoms with Crippen LogP contribution in [0.4, 0.5) is 0 Å². The van der Waals surface area contributed by atoms with Gasteiger partial charge in [-0.2, -0.15) is 0 Å². The van der Waals surface area contributed by atoms with E-state index in [9.17, 15) is 4.79 Å². The van der Waals surface area contributed by atoms with Crippen molar-refractivity contribution in [3.05, 3.63) is 12.7 Å². The van der Waals surface area contributed by atoms with Crippen molar-refractivity contribution >= 4 is 5.91 Å². The van der Waals surface area contributed by atoms with Crippen molar-refractivity contribution in [2.45, 2.75) is 26.4 Å². The highest BCUT2D eigenvalue weighted by Crippen LogP contribution is 1.91. The maximum Gasteiger partial charge on any atom is 0.266 e. The number of hydroxylamine groups is 1. The van der Waals surface area contributed by atoms with Crippen molar-refractivity contribution in [3.8, 4) is 0 Å². The Morgan fingerprint density at radius 1 is 1.90 bits per heavy atom. The normalized spacial score (nSPS) is 12.2. The molecular weight excluding hydrogens is 130 g/mol. The van der Waals surface area contributed by atoms with Gasteiger partial charge in [0.2, 0.25) is 0 Å². The fourth-order valence-corrected chi connectivity index (χ4v) is 0.284. The number of nitrogens with one attached hydrogen (secondary N) is 1. The SMILES string of the molecule is C=CC(=O)NOC(C)CC. The third-order valence-electron chi connectivity index (χ3n) is 1.12. The minimum absolute atomic E-state index is 0.0592. The van der Waals surface area contributed by atoms with E-state index in [4.69, 9.17) is 4.84 Å². The second-order valence-corrected chi connectivity index (χ2v) is 2.01. The first-order valence-corrected chi connectivity index (χ1v) is 3.28. The van der Waals surface area contributed by atoms with Crippen LogP contribution in [0.25, 0.3) is 0 Å². The summed E-state index contributed by atoms with van der Waals surface area (Å²) in [5.74, 6) is -0.305. The highest BCUT2D eigenvalue weighted by atomic mass is 16.7. The zero-order chi connectivity index (χ0) is 7.98. The van der Waals surface area contributed by atoms with Crippen LogP contribution in [0.5, 0.6) is 0 Å². The summed E-state index contributed by atoms with van der Waals surface area (Å²) in [5.41, 5.74) is 2.23. The molecule has 0 bridgehead atoms. The fourth-order valence-electron chi connectivity index (χ4n) is 0.284. The van der Waals surface area contributed by atoms with Crippen LogP contribution in [-0.4, -0.2) is 12.0 Å². The molecule has 0 fully saturated rings. The van der Waals surface area contributed by atoms with E-state index in [1.54, 1.807) is 0 Å². The highest BCUT2D eigenvalue weighted by Gasteiger charge is 1.98. The Labute approximate surface area is 61.0 Å². The maximum absolute atomic E-state index is 10.5. The number of carbonyl (C=O) groups excluding carboxylic acids is 1. The van der Waals surface area contributed by atoms with Gasteiger partial charge in [-0.1, -0.05) is 13.5 Å². The lowest BCUT2D eigenvalue weighted by Gasteiger charge is -2.08. The lowest BCUT2D eigenvalue weighted by atomic mass is 10.3. The Hall–Kier alpha value is -0.830. The van der Waals surface area contributed by atoms with Gasteiger partial charge < -0.3 is 0 Å². The summed E-state index contributed by atoms with van der Waals surface area (Å²) in [4.78, 5) is 15.4. The summed E-state index contributed by atoms with van der Waals surface area (Å²) in [6, 6.07) is 0. The van der Waals surface area contributed by atoms with Crippen molar-refractivity contribution in [1.82, 2.24) is 5.48 Å². The van der Waals surface area contributed by atoms with Gasteiger partial charge in [0.15, 0.2) is 0 Å². The first kappa shape index (κ1) is 9.17. The van der Waals surface area contributed by atoms with Crippen molar-refractivity contribution in [2.24, 2.45) is 0 Å². The Kier molecular flexibility index (Phi) is 4.58. The molecule has 0 radical (unpaired) electrons. The topological polar surface area (TPSA) is 38.3 Å². The average Bonchev–Trinajstić information content (AvgIpc) is 1.99. The van der Waals surface area contributed by atoms with E-state index in [2.05, 4.69) is 12.1 Å². The first-order chi connectivity index (χ1) is 4.70. The number of hydrogen-bond acceptors (Lipinski definition) is 2. The van der Waals surface area contributed by atoms with Crippen LogP contribution >= 0.6 is 0 Å². The zero-order valence-electron chi connectivity index (χ0n) is 6.39. The van der Waals surface area contributed by atoms with Crippen LogP contribution in [0.3, 0.4) is 0 Å². The first-order valence-electron chi connectivity index (χ1n) is 3.28. The van der Waals surface area contributed by atoms with E-state index in [0.29, 0.717) is 0 Å². The lowest BCUT2D eigenvalue weighted by molar-refractivity contribution is -0.132. The number of carbonyl (C=O) groups is 1. The molecule has 0 aromatic rings. The van der Waals surface area contributed by atoms with Crippen LogP contribution in [0.1, 0.15) is 20.3 Å². The predicted molar refractivity (Wildman–Crippen MR) is 39.2 cm³/mol. The second kappa shape index (κ2) is 4.99. The Morgan fingerprint density at radius 3 is 2.90 bits per heavy atom. The van der Waals surface area contributed by atoms with E-state index in [1.807, 2.05) is 13.8 Å². The third kappa shape index (κ3) is 4.09. The third-order valence-corrected chi connectivity index (χ3v) is 1.12. The molecule has 0 aliphatic carbocycles. The molecule has 0 saturated carbocycles. The van der Waals surface area contributed by atoms with E-state index in [0.717, 1.165) is 6.42 Å². The summed E-state index contributed by atoms with van der Waals surface area (Å²) in [5, 5.41) is 0. The van der Waals surface area contributed by atoms with Gasteiger partial charge >= 0.3 is 0 Å². The molecule has 0 spiro atoms. The molecule has 58 valence electrons. The van der Waals surface area contributed by atoms with Crippen LogP contribution < -0.4 is 5.48 Å². The molecule has 1 N–H and O–H groups in total. The van der Waals surface area contributed by atoms with Crippen LogP contribution in [0.15, 0.2) is 12.7 Å². The quantitative estimate of drug-likeness (QED) is 0.471. The smallest absolute Gasteiger partial charge is 0.266 e. The Balaban J connectivity index is 3.34. The minimum atomic E-state index is -0.305. The van der Waals surface area contributed by atoms with E-state index in [-0.39, 0.29) is 12.0 Å². The van der Waals surface area contributed by atoms with Crippen LogP contribution in [0.2, 0.25) is 0 Å². The highest BCUT2D eigenvalue weighted by molar-refractivity contribution is 5.85. The van der Waals surface area contributed by atoms with Gasteiger partial charge in [0.05, 0.1) is 6.10 Å². The molecular formula is C7H13NO2. The molecule has 1 amide bonds. The van der Waals surface area contributed by atoms with Gasteiger partial charge in [-0.05, 0) is 19.4 Å². The molecule has 0 aliphatic rings. The minimum Gasteiger partial charge on any atom is -0.270 e. The second-order valence-electron chi connectivity index (χ2n) is 2.01. The number of amides is 1. The number of rotatable bonds is 4.